The van der Waals surface area contributed by atoms with Gasteiger partial charge in [0.05, 0.1) is 17.7 Å². The lowest BCUT2D eigenvalue weighted by Crippen LogP contribution is -2.57. The average Bonchev–Trinajstić information content (AvgIpc) is 2.72. The maximum atomic E-state index is 12.4. The van der Waals surface area contributed by atoms with Gasteiger partial charge in [-0.15, -0.1) is 0 Å². The van der Waals surface area contributed by atoms with Crippen LogP contribution in [-0.4, -0.2) is 55.4 Å². The highest BCUT2D eigenvalue weighted by Gasteiger charge is 2.45. The van der Waals surface area contributed by atoms with Gasteiger partial charge in [-0.1, -0.05) is 36.4 Å². The fourth-order valence-electron chi connectivity index (χ4n) is 2.76. The summed E-state index contributed by atoms with van der Waals surface area (Å²) in [5.41, 5.74) is 0.638. The third-order valence-corrected chi connectivity index (χ3v) is 4.14. The monoisotopic (exact) mass is 372 g/mol. The number of hydrogen-bond donors (Lipinski definition) is 1. The molecule has 27 heavy (non-hydrogen) atoms. The van der Waals surface area contributed by atoms with Gasteiger partial charge in [-0.2, -0.15) is 0 Å². The van der Waals surface area contributed by atoms with Crippen molar-refractivity contribution in [1.29, 1.82) is 0 Å². The summed E-state index contributed by atoms with van der Waals surface area (Å²) in [6.07, 6.45) is -4.41. The predicted molar refractivity (Wildman–Crippen MR) is 94.0 cm³/mol. The van der Waals surface area contributed by atoms with Crippen molar-refractivity contribution in [2.75, 3.05) is 13.7 Å². The molecule has 2 aromatic rings. The lowest BCUT2D eigenvalue weighted by Gasteiger charge is -2.38. The molecule has 0 bridgehead atoms. The Kier molecular flexibility index (Phi) is 6.18. The highest BCUT2D eigenvalue weighted by Crippen LogP contribution is 2.24. The van der Waals surface area contributed by atoms with Crippen LogP contribution in [0.3, 0.4) is 0 Å². The summed E-state index contributed by atoms with van der Waals surface area (Å²) in [6.45, 7) is -0.120. The number of aliphatic hydroxyl groups excluding tert-OH is 1. The van der Waals surface area contributed by atoms with Crippen LogP contribution in [0, 0.1) is 0 Å². The number of hydrogen-bond acceptors (Lipinski definition) is 7. The van der Waals surface area contributed by atoms with Gasteiger partial charge in [0.25, 0.3) is 0 Å². The number of ether oxygens (including phenoxy) is 4. The quantitative estimate of drug-likeness (QED) is 0.800. The Morgan fingerprint density at radius 2 is 1.37 bits per heavy atom. The maximum absolute atomic E-state index is 12.4. The first kappa shape index (κ1) is 19.0. The SMILES string of the molecule is CO[C@@H]1OC[C@@H](O)[C@H](OC(=O)c2ccccc2)[C@H]1OC(=O)c1ccccc1. The van der Waals surface area contributed by atoms with Gasteiger partial charge in [0.15, 0.2) is 18.5 Å². The topological polar surface area (TPSA) is 91.3 Å². The van der Waals surface area contributed by atoms with E-state index in [-0.39, 0.29) is 6.61 Å². The first-order valence-corrected chi connectivity index (χ1v) is 8.44. The van der Waals surface area contributed by atoms with Gasteiger partial charge in [-0.3, -0.25) is 0 Å². The molecule has 0 unspecified atom stereocenters. The minimum absolute atomic E-state index is 0.120. The third kappa shape index (κ3) is 4.51. The van der Waals surface area contributed by atoms with Gasteiger partial charge in [0.2, 0.25) is 0 Å². The molecule has 0 radical (unpaired) electrons. The molecule has 1 heterocycles. The van der Waals surface area contributed by atoms with Gasteiger partial charge in [0.1, 0.15) is 6.10 Å². The van der Waals surface area contributed by atoms with Crippen molar-refractivity contribution in [3.63, 3.8) is 0 Å². The zero-order valence-corrected chi connectivity index (χ0v) is 14.7. The summed E-state index contributed by atoms with van der Waals surface area (Å²) in [5, 5.41) is 10.3. The summed E-state index contributed by atoms with van der Waals surface area (Å²) in [4.78, 5) is 24.8. The zero-order valence-electron chi connectivity index (χ0n) is 14.7. The van der Waals surface area contributed by atoms with Gasteiger partial charge in [-0.05, 0) is 24.3 Å². The Morgan fingerprint density at radius 3 is 1.85 bits per heavy atom. The molecule has 1 aliphatic rings. The van der Waals surface area contributed by atoms with Crippen LogP contribution in [0.4, 0.5) is 0 Å². The number of esters is 2. The predicted octanol–water partition coefficient (Wildman–Crippen LogP) is 1.80. The summed E-state index contributed by atoms with van der Waals surface area (Å²) in [7, 11) is 1.38. The number of benzene rings is 2. The summed E-state index contributed by atoms with van der Waals surface area (Å²) in [6, 6.07) is 16.7. The zero-order chi connectivity index (χ0) is 19.2. The van der Waals surface area contributed by atoms with Crippen LogP contribution < -0.4 is 0 Å². The first-order chi connectivity index (χ1) is 13.1. The number of aliphatic hydroxyl groups is 1. The van der Waals surface area contributed by atoms with E-state index in [2.05, 4.69) is 0 Å². The van der Waals surface area contributed by atoms with E-state index >= 15 is 0 Å². The van der Waals surface area contributed by atoms with Gasteiger partial charge in [-0.25, -0.2) is 9.59 Å². The number of rotatable bonds is 5. The van der Waals surface area contributed by atoms with E-state index in [9.17, 15) is 14.7 Å². The second-order valence-corrected chi connectivity index (χ2v) is 5.98. The van der Waals surface area contributed by atoms with Crippen LogP contribution >= 0.6 is 0 Å². The van der Waals surface area contributed by atoms with E-state index in [4.69, 9.17) is 18.9 Å². The second kappa shape index (κ2) is 8.77. The Morgan fingerprint density at radius 1 is 0.889 bits per heavy atom. The molecule has 7 heteroatoms. The summed E-state index contributed by atoms with van der Waals surface area (Å²) < 4.78 is 21.5. The van der Waals surface area contributed by atoms with E-state index in [1.165, 1.54) is 7.11 Å². The van der Waals surface area contributed by atoms with Crippen LogP contribution in [0.2, 0.25) is 0 Å². The first-order valence-electron chi connectivity index (χ1n) is 8.44. The molecule has 1 fully saturated rings. The number of methoxy groups -OCH3 is 1. The highest BCUT2D eigenvalue weighted by molar-refractivity contribution is 5.90. The Hall–Kier alpha value is -2.74. The molecule has 0 aromatic heterocycles. The van der Waals surface area contributed by atoms with Crippen LogP contribution in [0.15, 0.2) is 60.7 Å². The number of carbonyl (C=O) groups is 2. The Balaban J connectivity index is 1.79. The molecule has 3 rings (SSSR count). The van der Waals surface area contributed by atoms with Crippen LogP contribution in [0.25, 0.3) is 0 Å². The maximum Gasteiger partial charge on any atom is 0.338 e. The minimum atomic E-state index is -1.17. The summed E-state index contributed by atoms with van der Waals surface area (Å²) in [5.74, 6) is -1.28. The molecule has 1 N–H and O–H groups in total. The fraction of sp³-hybridized carbons (Fsp3) is 0.300. The molecule has 0 amide bonds. The van der Waals surface area contributed by atoms with Crippen LogP contribution in [0.1, 0.15) is 20.7 Å². The largest absolute Gasteiger partial charge is 0.452 e. The molecular weight excluding hydrogens is 352 g/mol. The Bertz CT molecular complexity index is 762. The fourth-order valence-corrected chi connectivity index (χ4v) is 2.76. The minimum Gasteiger partial charge on any atom is -0.452 e. The molecule has 7 nitrogen and oxygen atoms in total. The molecular formula is C20H20O7. The van der Waals surface area contributed by atoms with E-state index < -0.39 is 36.5 Å². The van der Waals surface area contributed by atoms with Gasteiger partial charge < -0.3 is 24.1 Å². The number of carbonyl (C=O) groups excluding carboxylic acids is 2. The van der Waals surface area contributed by atoms with Gasteiger partial charge >= 0.3 is 11.9 Å². The van der Waals surface area contributed by atoms with Crippen molar-refractivity contribution in [3.05, 3.63) is 71.8 Å². The normalized spacial score (nSPS) is 24.8. The lowest BCUT2D eigenvalue weighted by atomic mass is 10.0. The van der Waals surface area contributed by atoms with Crippen molar-refractivity contribution < 1.29 is 33.6 Å². The standard InChI is InChI=1S/C20H20O7/c1-24-20-17(27-19(23)14-10-6-3-7-11-14)16(15(21)12-25-20)26-18(22)13-8-4-2-5-9-13/h2-11,15-17,20-21H,12H2,1H3/t15-,16+,17-,20-/m1/s1. The second-order valence-electron chi connectivity index (χ2n) is 5.98. The average molecular weight is 372 g/mol. The molecule has 2 aromatic carbocycles. The lowest BCUT2D eigenvalue weighted by molar-refractivity contribution is -0.260. The highest BCUT2D eigenvalue weighted by atomic mass is 16.7. The van der Waals surface area contributed by atoms with Crippen molar-refractivity contribution in [2.45, 2.75) is 24.6 Å². The van der Waals surface area contributed by atoms with Crippen LogP contribution in [-0.2, 0) is 18.9 Å². The summed E-state index contributed by atoms with van der Waals surface area (Å²) >= 11 is 0. The Labute approximate surface area is 156 Å². The third-order valence-electron chi connectivity index (χ3n) is 4.14. The van der Waals surface area contributed by atoms with E-state index in [0.717, 1.165) is 0 Å². The molecule has 0 saturated carbocycles. The van der Waals surface area contributed by atoms with E-state index in [1.54, 1.807) is 60.7 Å². The van der Waals surface area contributed by atoms with Crippen molar-refractivity contribution in [1.82, 2.24) is 0 Å². The molecule has 4 atom stereocenters. The van der Waals surface area contributed by atoms with Crippen molar-refractivity contribution in [3.8, 4) is 0 Å². The molecule has 1 aliphatic heterocycles. The molecule has 142 valence electrons. The van der Waals surface area contributed by atoms with Crippen molar-refractivity contribution in [2.24, 2.45) is 0 Å². The molecule has 0 aliphatic carbocycles. The smallest absolute Gasteiger partial charge is 0.338 e. The van der Waals surface area contributed by atoms with Crippen molar-refractivity contribution >= 4 is 11.9 Å². The molecule has 0 spiro atoms. The van der Waals surface area contributed by atoms with E-state index in [0.29, 0.717) is 11.1 Å². The van der Waals surface area contributed by atoms with Gasteiger partial charge in [0, 0.05) is 7.11 Å². The van der Waals surface area contributed by atoms with E-state index in [1.807, 2.05) is 0 Å². The van der Waals surface area contributed by atoms with Crippen LogP contribution in [0.5, 0.6) is 0 Å². The molecule has 1 saturated heterocycles.